The number of nitro groups is 1. The number of nitriles is 1. The maximum atomic E-state index is 10.7. The van der Waals surface area contributed by atoms with Crippen molar-refractivity contribution in [1.29, 1.82) is 5.26 Å². The average Bonchev–Trinajstić information content (AvgIpc) is 2.36. The summed E-state index contributed by atoms with van der Waals surface area (Å²) in [6.45, 7) is 3.49. The maximum absolute atomic E-state index is 10.7. The van der Waals surface area contributed by atoms with E-state index in [1.54, 1.807) is 6.07 Å². The molecule has 0 atom stereocenters. The molecule has 0 unspecified atom stereocenters. The Hall–Kier alpha value is -2.88. The van der Waals surface area contributed by atoms with Crippen molar-refractivity contribution in [2.75, 3.05) is 18.0 Å². The highest BCUT2D eigenvalue weighted by Crippen LogP contribution is 2.24. The van der Waals surface area contributed by atoms with Crippen LogP contribution in [0.15, 0.2) is 30.9 Å². The summed E-state index contributed by atoms with van der Waals surface area (Å²) in [5, 5.41) is 28.4. The SMILES string of the molecule is C=CCN(CC(=O)O)c1ccc([N+](=O)[O-])c(C#N)c1. The zero-order chi connectivity index (χ0) is 14.4. The number of aliphatic carboxylic acids is 1. The molecule has 0 aliphatic heterocycles. The van der Waals surface area contributed by atoms with Gasteiger partial charge in [-0.15, -0.1) is 6.58 Å². The van der Waals surface area contributed by atoms with E-state index in [-0.39, 0.29) is 24.3 Å². The maximum Gasteiger partial charge on any atom is 0.323 e. The van der Waals surface area contributed by atoms with E-state index in [0.717, 1.165) is 0 Å². The Morgan fingerprint density at radius 3 is 2.79 bits per heavy atom. The lowest BCUT2D eigenvalue weighted by Crippen LogP contribution is -2.29. The molecular formula is C12H11N3O4. The molecule has 0 aliphatic carbocycles. The minimum Gasteiger partial charge on any atom is -0.480 e. The van der Waals surface area contributed by atoms with Gasteiger partial charge in [0.25, 0.3) is 5.69 Å². The summed E-state index contributed by atoms with van der Waals surface area (Å²) in [6.07, 6.45) is 1.51. The van der Waals surface area contributed by atoms with E-state index in [9.17, 15) is 14.9 Å². The van der Waals surface area contributed by atoms with Gasteiger partial charge in [-0.25, -0.2) is 0 Å². The van der Waals surface area contributed by atoms with Gasteiger partial charge in [-0.3, -0.25) is 14.9 Å². The van der Waals surface area contributed by atoms with Gasteiger partial charge in [-0.2, -0.15) is 5.26 Å². The van der Waals surface area contributed by atoms with E-state index >= 15 is 0 Å². The third-order valence-corrected chi connectivity index (χ3v) is 2.34. The molecular weight excluding hydrogens is 250 g/mol. The van der Waals surface area contributed by atoms with Crippen molar-refractivity contribution in [2.45, 2.75) is 0 Å². The minimum absolute atomic E-state index is 0.109. The van der Waals surface area contributed by atoms with Gasteiger partial charge in [0.1, 0.15) is 18.2 Å². The molecule has 19 heavy (non-hydrogen) atoms. The molecule has 1 N–H and O–H groups in total. The molecule has 7 nitrogen and oxygen atoms in total. The predicted molar refractivity (Wildman–Crippen MR) is 67.9 cm³/mol. The van der Waals surface area contributed by atoms with Crippen molar-refractivity contribution >= 4 is 17.3 Å². The molecule has 0 saturated heterocycles. The molecule has 0 amide bonds. The summed E-state index contributed by atoms with van der Waals surface area (Å²) in [7, 11) is 0. The first-order valence-corrected chi connectivity index (χ1v) is 5.25. The van der Waals surface area contributed by atoms with Crippen molar-refractivity contribution in [3.63, 3.8) is 0 Å². The molecule has 0 aliphatic rings. The number of rotatable bonds is 6. The Bertz CT molecular complexity index is 563. The van der Waals surface area contributed by atoms with Crippen LogP contribution in [-0.4, -0.2) is 29.1 Å². The molecule has 0 bridgehead atoms. The number of anilines is 1. The van der Waals surface area contributed by atoms with Gasteiger partial charge in [-0.1, -0.05) is 6.08 Å². The Labute approximate surface area is 109 Å². The quantitative estimate of drug-likeness (QED) is 0.472. The molecule has 7 heteroatoms. The van der Waals surface area contributed by atoms with Gasteiger partial charge in [0.15, 0.2) is 0 Å². The third kappa shape index (κ3) is 3.54. The van der Waals surface area contributed by atoms with E-state index < -0.39 is 10.9 Å². The minimum atomic E-state index is -1.04. The van der Waals surface area contributed by atoms with Crippen LogP contribution in [0.3, 0.4) is 0 Å². The van der Waals surface area contributed by atoms with Crippen LogP contribution in [0.5, 0.6) is 0 Å². The molecule has 98 valence electrons. The van der Waals surface area contributed by atoms with Gasteiger partial charge in [-0.05, 0) is 12.1 Å². The number of hydrogen-bond donors (Lipinski definition) is 1. The topological polar surface area (TPSA) is 107 Å². The van der Waals surface area contributed by atoms with Crippen molar-refractivity contribution in [3.8, 4) is 6.07 Å². The molecule has 0 fully saturated rings. The van der Waals surface area contributed by atoms with Gasteiger partial charge >= 0.3 is 5.97 Å². The second kappa shape index (κ2) is 6.16. The molecule has 0 saturated carbocycles. The van der Waals surface area contributed by atoms with Crippen LogP contribution in [0, 0.1) is 21.4 Å². The van der Waals surface area contributed by atoms with Crippen LogP contribution >= 0.6 is 0 Å². The number of nitrogens with zero attached hydrogens (tertiary/aromatic N) is 3. The summed E-state index contributed by atoms with van der Waals surface area (Å²) in [4.78, 5) is 22.2. The zero-order valence-electron chi connectivity index (χ0n) is 9.94. The number of hydrogen-bond acceptors (Lipinski definition) is 5. The van der Waals surface area contributed by atoms with Gasteiger partial charge in [0.2, 0.25) is 0 Å². The first-order valence-electron chi connectivity index (χ1n) is 5.25. The van der Waals surface area contributed by atoms with E-state index in [1.165, 1.54) is 29.2 Å². The monoisotopic (exact) mass is 261 g/mol. The lowest BCUT2D eigenvalue weighted by atomic mass is 10.1. The van der Waals surface area contributed by atoms with Crippen molar-refractivity contribution < 1.29 is 14.8 Å². The highest BCUT2D eigenvalue weighted by Gasteiger charge is 2.17. The van der Waals surface area contributed by atoms with Crippen LogP contribution in [0.4, 0.5) is 11.4 Å². The van der Waals surface area contributed by atoms with Crippen LogP contribution in [-0.2, 0) is 4.79 Å². The Kier molecular flexibility index (Phi) is 4.60. The Morgan fingerprint density at radius 2 is 2.32 bits per heavy atom. The van der Waals surface area contributed by atoms with Gasteiger partial charge in [0.05, 0.1) is 4.92 Å². The van der Waals surface area contributed by atoms with Crippen LogP contribution in [0.25, 0.3) is 0 Å². The third-order valence-electron chi connectivity index (χ3n) is 2.34. The molecule has 0 heterocycles. The van der Waals surface area contributed by atoms with Gasteiger partial charge in [0, 0.05) is 18.3 Å². The standard InChI is InChI=1S/C12H11N3O4/c1-2-5-14(8-12(16)17)10-3-4-11(15(18)19)9(6-10)7-13/h2-4,6H,1,5,8H2,(H,16,17). The fraction of sp³-hybridized carbons (Fsp3) is 0.167. The highest BCUT2D eigenvalue weighted by atomic mass is 16.6. The summed E-state index contributed by atoms with van der Waals surface area (Å²) in [6, 6.07) is 5.62. The predicted octanol–water partition coefficient (Wildman–Crippen LogP) is 1.54. The lowest BCUT2D eigenvalue weighted by molar-refractivity contribution is -0.385. The summed E-state index contributed by atoms with van der Waals surface area (Å²) in [5.74, 6) is -1.04. The van der Waals surface area contributed by atoms with E-state index in [1.807, 2.05) is 0 Å². The smallest absolute Gasteiger partial charge is 0.323 e. The van der Waals surface area contributed by atoms with E-state index in [4.69, 9.17) is 10.4 Å². The molecule has 1 aromatic rings. The average molecular weight is 261 g/mol. The number of benzene rings is 1. The van der Waals surface area contributed by atoms with Crippen molar-refractivity contribution in [2.24, 2.45) is 0 Å². The van der Waals surface area contributed by atoms with Crippen LogP contribution in [0.2, 0.25) is 0 Å². The molecule has 0 radical (unpaired) electrons. The molecule has 1 aromatic carbocycles. The van der Waals surface area contributed by atoms with E-state index in [2.05, 4.69) is 6.58 Å². The molecule has 0 aromatic heterocycles. The summed E-state index contributed by atoms with van der Waals surface area (Å²) in [5.41, 5.74) is 0.00605. The summed E-state index contributed by atoms with van der Waals surface area (Å²) >= 11 is 0. The fourth-order valence-corrected chi connectivity index (χ4v) is 1.55. The largest absolute Gasteiger partial charge is 0.480 e. The van der Waals surface area contributed by atoms with Gasteiger partial charge < -0.3 is 10.0 Å². The molecule has 0 spiro atoms. The molecule has 1 rings (SSSR count). The van der Waals surface area contributed by atoms with Crippen molar-refractivity contribution in [1.82, 2.24) is 0 Å². The number of nitro benzene ring substituents is 1. The van der Waals surface area contributed by atoms with Crippen LogP contribution < -0.4 is 4.90 Å². The number of carboxylic acids is 1. The Morgan fingerprint density at radius 1 is 1.63 bits per heavy atom. The summed E-state index contributed by atoms with van der Waals surface area (Å²) < 4.78 is 0. The first kappa shape index (κ1) is 14.2. The lowest BCUT2D eigenvalue weighted by Gasteiger charge is -2.21. The zero-order valence-corrected chi connectivity index (χ0v) is 9.94. The first-order chi connectivity index (χ1) is 8.99. The normalized spacial score (nSPS) is 9.42. The fourth-order valence-electron chi connectivity index (χ4n) is 1.55. The number of carboxylic acid groups (broad SMARTS) is 1. The Balaban J connectivity index is 3.18. The second-order valence-electron chi connectivity index (χ2n) is 3.63. The van der Waals surface area contributed by atoms with Crippen molar-refractivity contribution in [3.05, 3.63) is 46.5 Å². The van der Waals surface area contributed by atoms with Crippen LogP contribution in [0.1, 0.15) is 5.56 Å². The second-order valence-corrected chi connectivity index (χ2v) is 3.63. The highest BCUT2D eigenvalue weighted by molar-refractivity contribution is 5.74. The number of carbonyl (C=O) groups is 1. The van der Waals surface area contributed by atoms with E-state index in [0.29, 0.717) is 5.69 Å².